The summed E-state index contributed by atoms with van der Waals surface area (Å²) in [4.78, 5) is 0.315. The van der Waals surface area contributed by atoms with Crippen LogP contribution in [0, 0.1) is 0 Å². The number of hydrogen-bond donors (Lipinski definition) is 2. The van der Waals surface area contributed by atoms with E-state index in [1.165, 1.54) is 19.3 Å². The number of nitrogens with one attached hydrogen (secondary N) is 2. The van der Waals surface area contributed by atoms with Crippen LogP contribution >= 0.6 is 0 Å². The smallest absolute Gasteiger partial charge is 0.240 e. The number of rotatable bonds is 5. The molecule has 5 heteroatoms. The molecule has 0 spiro atoms. The van der Waals surface area contributed by atoms with Crippen molar-refractivity contribution in [2.45, 2.75) is 50.1 Å². The summed E-state index contributed by atoms with van der Waals surface area (Å²) in [6.45, 7) is 3.62. The van der Waals surface area contributed by atoms with E-state index >= 15 is 0 Å². The van der Waals surface area contributed by atoms with Crippen molar-refractivity contribution in [3.05, 3.63) is 24.3 Å². The van der Waals surface area contributed by atoms with Crippen molar-refractivity contribution in [3.8, 4) is 0 Å². The Bertz CT molecular complexity index is 490. The Kier molecular flexibility index (Phi) is 3.92. The summed E-state index contributed by atoms with van der Waals surface area (Å²) in [5.74, 6) is 0. The van der Waals surface area contributed by atoms with Crippen molar-refractivity contribution in [2.75, 3.05) is 5.32 Å². The third-order valence-corrected chi connectivity index (χ3v) is 4.71. The highest BCUT2D eigenvalue weighted by molar-refractivity contribution is 7.89. The highest BCUT2D eigenvalue weighted by atomic mass is 32.2. The molecule has 0 aromatic heterocycles. The van der Waals surface area contributed by atoms with Crippen LogP contribution in [-0.2, 0) is 10.0 Å². The van der Waals surface area contributed by atoms with Crippen LogP contribution in [0.3, 0.4) is 0 Å². The first kappa shape index (κ1) is 13.4. The first-order valence-corrected chi connectivity index (χ1v) is 7.84. The van der Waals surface area contributed by atoms with Crippen LogP contribution in [0.2, 0.25) is 0 Å². The van der Waals surface area contributed by atoms with E-state index in [1.54, 1.807) is 12.1 Å². The molecule has 1 aliphatic rings. The Morgan fingerprint density at radius 3 is 2.22 bits per heavy atom. The van der Waals surface area contributed by atoms with Crippen LogP contribution in [0.4, 0.5) is 5.69 Å². The van der Waals surface area contributed by atoms with Crippen LogP contribution in [0.5, 0.6) is 0 Å². The number of hydrogen-bond acceptors (Lipinski definition) is 3. The van der Waals surface area contributed by atoms with Crippen LogP contribution in [0.15, 0.2) is 29.2 Å². The molecule has 0 heterocycles. The summed E-state index contributed by atoms with van der Waals surface area (Å²) in [5, 5.41) is 3.38. The van der Waals surface area contributed by atoms with Crippen LogP contribution < -0.4 is 10.0 Å². The summed E-state index contributed by atoms with van der Waals surface area (Å²) < 4.78 is 26.4. The Morgan fingerprint density at radius 2 is 1.78 bits per heavy atom. The quantitative estimate of drug-likeness (QED) is 0.861. The maximum absolute atomic E-state index is 11.9. The molecule has 2 rings (SSSR count). The van der Waals surface area contributed by atoms with Gasteiger partial charge in [0.2, 0.25) is 10.0 Å². The van der Waals surface area contributed by atoms with E-state index in [0.717, 1.165) is 5.69 Å². The molecular formula is C13H20N2O2S. The van der Waals surface area contributed by atoms with Crippen molar-refractivity contribution < 1.29 is 8.42 Å². The molecule has 2 N–H and O–H groups in total. The molecule has 1 fully saturated rings. The van der Waals surface area contributed by atoms with Gasteiger partial charge in [0.05, 0.1) is 4.90 Å². The lowest BCUT2D eigenvalue weighted by Gasteiger charge is -2.27. The molecule has 0 amide bonds. The first-order chi connectivity index (χ1) is 8.47. The van der Waals surface area contributed by atoms with Crippen molar-refractivity contribution in [2.24, 2.45) is 0 Å². The van der Waals surface area contributed by atoms with Gasteiger partial charge in [-0.25, -0.2) is 13.1 Å². The molecule has 0 radical (unpaired) electrons. The summed E-state index contributed by atoms with van der Waals surface area (Å²) in [5.41, 5.74) is 0.989. The van der Waals surface area contributed by atoms with Gasteiger partial charge in [0.1, 0.15) is 0 Å². The van der Waals surface area contributed by atoms with Crippen LogP contribution in [0.1, 0.15) is 33.1 Å². The Morgan fingerprint density at radius 1 is 1.17 bits per heavy atom. The number of benzene rings is 1. The molecule has 0 atom stereocenters. The lowest BCUT2D eigenvalue weighted by atomic mass is 9.93. The van der Waals surface area contributed by atoms with Crippen LogP contribution in [-0.4, -0.2) is 20.5 Å². The first-order valence-electron chi connectivity index (χ1n) is 6.36. The fourth-order valence-corrected chi connectivity index (χ4v) is 3.15. The topological polar surface area (TPSA) is 58.2 Å². The Hall–Kier alpha value is -1.07. The monoisotopic (exact) mass is 268 g/mol. The zero-order valence-corrected chi connectivity index (χ0v) is 11.6. The minimum atomic E-state index is -3.37. The van der Waals surface area contributed by atoms with E-state index < -0.39 is 10.0 Å². The lowest BCUT2D eigenvalue weighted by Crippen LogP contribution is -2.30. The van der Waals surface area contributed by atoms with Crippen molar-refractivity contribution >= 4 is 15.7 Å². The largest absolute Gasteiger partial charge is 0.382 e. The molecule has 0 unspecified atom stereocenters. The molecule has 0 saturated heterocycles. The zero-order valence-electron chi connectivity index (χ0n) is 10.8. The standard InChI is InChI=1S/C13H20N2O2S/c1-10(2)15-18(16,17)13-8-6-12(7-9-13)14-11-4-3-5-11/h6-11,14-15H,3-5H2,1-2H3. The van der Waals surface area contributed by atoms with Gasteiger partial charge in [0, 0.05) is 17.8 Å². The normalized spacial score (nSPS) is 16.6. The SMILES string of the molecule is CC(C)NS(=O)(=O)c1ccc(NC2CCC2)cc1. The van der Waals surface area contributed by atoms with Gasteiger partial charge in [0.15, 0.2) is 0 Å². The molecule has 1 aromatic carbocycles. The van der Waals surface area contributed by atoms with Crippen LogP contribution in [0.25, 0.3) is 0 Å². The molecule has 4 nitrogen and oxygen atoms in total. The molecule has 1 saturated carbocycles. The second-order valence-electron chi connectivity index (χ2n) is 5.07. The highest BCUT2D eigenvalue weighted by Crippen LogP contribution is 2.23. The highest BCUT2D eigenvalue weighted by Gasteiger charge is 2.18. The van der Waals surface area contributed by atoms with E-state index in [4.69, 9.17) is 0 Å². The van der Waals surface area contributed by atoms with E-state index in [-0.39, 0.29) is 6.04 Å². The fraction of sp³-hybridized carbons (Fsp3) is 0.538. The van der Waals surface area contributed by atoms with Gasteiger partial charge in [-0.3, -0.25) is 0 Å². The molecule has 100 valence electrons. The molecule has 0 bridgehead atoms. The maximum atomic E-state index is 11.9. The fourth-order valence-electron chi connectivity index (χ4n) is 1.90. The lowest BCUT2D eigenvalue weighted by molar-refractivity contribution is 0.445. The summed E-state index contributed by atoms with van der Waals surface area (Å²) in [7, 11) is -3.37. The summed E-state index contributed by atoms with van der Waals surface area (Å²) in [6, 6.07) is 7.40. The molecule has 18 heavy (non-hydrogen) atoms. The molecular weight excluding hydrogens is 248 g/mol. The van der Waals surface area contributed by atoms with Crippen molar-refractivity contribution in [1.82, 2.24) is 4.72 Å². The summed E-state index contributed by atoms with van der Waals surface area (Å²) >= 11 is 0. The Balaban J connectivity index is 2.06. The van der Waals surface area contributed by atoms with Gasteiger partial charge in [-0.15, -0.1) is 0 Å². The van der Waals surface area contributed by atoms with Crippen molar-refractivity contribution in [3.63, 3.8) is 0 Å². The van der Waals surface area contributed by atoms with Gasteiger partial charge in [0.25, 0.3) is 0 Å². The average molecular weight is 268 g/mol. The van der Waals surface area contributed by atoms with Gasteiger partial charge in [-0.2, -0.15) is 0 Å². The zero-order chi connectivity index (χ0) is 13.2. The summed E-state index contributed by atoms with van der Waals surface area (Å²) in [6.07, 6.45) is 3.69. The van der Waals surface area contributed by atoms with Gasteiger partial charge < -0.3 is 5.32 Å². The van der Waals surface area contributed by atoms with Gasteiger partial charge in [-0.05, 0) is 57.4 Å². The van der Waals surface area contributed by atoms with E-state index in [9.17, 15) is 8.42 Å². The third-order valence-electron chi connectivity index (χ3n) is 3.03. The molecule has 0 aliphatic heterocycles. The number of sulfonamides is 1. The molecule has 1 aromatic rings. The second-order valence-corrected chi connectivity index (χ2v) is 6.79. The van der Waals surface area contributed by atoms with Gasteiger partial charge >= 0.3 is 0 Å². The van der Waals surface area contributed by atoms with E-state index in [2.05, 4.69) is 10.0 Å². The van der Waals surface area contributed by atoms with E-state index in [1.807, 2.05) is 26.0 Å². The number of anilines is 1. The average Bonchev–Trinajstić information content (AvgIpc) is 2.22. The minimum Gasteiger partial charge on any atom is -0.382 e. The minimum absolute atomic E-state index is 0.0947. The predicted octanol–water partition coefficient (Wildman–Crippen LogP) is 2.34. The molecule has 1 aliphatic carbocycles. The van der Waals surface area contributed by atoms with Crippen molar-refractivity contribution in [1.29, 1.82) is 0 Å². The van der Waals surface area contributed by atoms with E-state index in [0.29, 0.717) is 10.9 Å². The van der Waals surface area contributed by atoms with Gasteiger partial charge in [-0.1, -0.05) is 0 Å². The third kappa shape index (κ3) is 3.23. The predicted molar refractivity (Wildman–Crippen MR) is 73.2 cm³/mol. The Labute approximate surface area is 109 Å². The second kappa shape index (κ2) is 5.28. The maximum Gasteiger partial charge on any atom is 0.240 e.